The minimum Gasteiger partial charge on any atom is -0.497 e. The quantitative estimate of drug-likeness (QED) is 0.419. The molecule has 1 saturated heterocycles. The average molecular weight is 400 g/mol. The van der Waals surface area contributed by atoms with Gasteiger partial charge in [0.05, 0.1) is 20.3 Å². The van der Waals surface area contributed by atoms with Gasteiger partial charge in [0, 0.05) is 11.9 Å². The summed E-state index contributed by atoms with van der Waals surface area (Å²) in [5.74, 6) is 0.685. The van der Waals surface area contributed by atoms with Crippen molar-refractivity contribution in [3.05, 3.63) is 96.1 Å². The van der Waals surface area contributed by atoms with E-state index in [4.69, 9.17) is 9.47 Å². The lowest BCUT2D eigenvalue weighted by Crippen LogP contribution is -2.67. The number of ether oxygens (including phenoxy) is 2. The normalized spacial score (nSPS) is 18.4. The number of nitrogens with zero attached hydrogens (tertiary/aromatic N) is 2. The first-order chi connectivity index (χ1) is 14.8. The van der Waals surface area contributed by atoms with Crippen molar-refractivity contribution in [3.63, 3.8) is 0 Å². The number of benzene rings is 3. The van der Waals surface area contributed by atoms with E-state index in [1.807, 2.05) is 91.1 Å². The Kier molecular flexibility index (Phi) is 6.20. The number of carbonyl (C=O) groups is 1. The van der Waals surface area contributed by atoms with Crippen molar-refractivity contribution in [2.75, 3.05) is 12.0 Å². The number of β-lactam (4-membered cyclic amide) rings is 1. The van der Waals surface area contributed by atoms with Crippen LogP contribution in [0.4, 0.5) is 5.69 Å². The van der Waals surface area contributed by atoms with Crippen LogP contribution in [-0.2, 0) is 22.7 Å². The second-order valence-electron chi connectivity index (χ2n) is 7.09. The summed E-state index contributed by atoms with van der Waals surface area (Å²) in [5.41, 5.74) is 2.96. The third kappa shape index (κ3) is 4.42. The molecule has 0 N–H and O–H groups in total. The molecular weight excluding hydrogens is 376 g/mol. The molecule has 1 fully saturated rings. The minimum atomic E-state index is -0.549. The largest absolute Gasteiger partial charge is 0.497 e. The topological polar surface area (TPSA) is 51.1 Å². The van der Waals surface area contributed by atoms with Crippen molar-refractivity contribution in [1.29, 1.82) is 0 Å². The van der Waals surface area contributed by atoms with Gasteiger partial charge in [0.15, 0.2) is 6.10 Å². The maximum Gasteiger partial charge on any atom is 0.259 e. The van der Waals surface area contributed by atoms with Crippen molar-refractivity contribution in [1.82, 2.24) is 0 Å². The molecule has 0 spiro atoms. The second-order valence-corrected chi connectivity index (χ2v) is 7.09. The summed E-state index contributed by atoms with van der Waals surface area (Å²) < 4.78 is 11.2. The highest BCUT2D eigenvalue weighted by molar-refractivity contribution is 6.10. The highest BCUT2D eigenvalue weighted by atomic mass is 16.5. The molecule has 152 valence electrons. The van der Waals surface area contributed by atoms with Crippen LogP contribution in [-0.4, -0.2) is 31.4 Å². The van der Waals surface area contributed by atoms with Crippen LogP contribution in [0.25, 0.3) is 0 Å². The Hall–Kier alpha value is -3.44. The van der Waals surface area contributed by atoms with Crippen LogP contribution in [0, 0.1) is 0 Å². The van der Waals surface area contributed by atoms with Gasteiger partial charge in [0.25, 0.3) is 5.91 Å². The fraction of sp³-hybridized carbons (Fsp3) is 0.200. The maximum absolute atomic E-state index is 12.9. The van der Waals surface area contributed by atoms with E-state index in [0.29, 0.717) is 13.2 Å². The predicted octanol–water partition coefficient (Wildman–Crippen LogP) is 4.27. The van der Waals surface area contributed by atoms with Gasteiger partial charge in [-0.15, -0.1) is 0 Å². The number of hydrogen-bond donors (Lipinski definition) is 0. The molecule has 0 saturated carbocycles. The molecule has 4 rings (SSSR count). The zero-order chi connectivity index (χ0) is 20.8. The van der Waals surface area contributed by atoms with Crippen molar-refractivity contribution in [2.45, 2.75) is 25.3 Å². The van der Waals surface area contributed by atoms with E-state index in [-0.39, 0.29) is 11.9 Å². The Morgan fingerprint density at radius 2 is 1.53 bits per heavy atom. The Morgan fingerprint density at radius 3 is 2.17 bits per heavy atom. The fourth-order valence-corrected chi connectivity index (χ4v) is 3.45. The molecule has 0 aromatic heterocycles. The lowest BCUT2D eigenvalue weighted by atomic mass is 9.97. The van der Waals surface area contributed by atoms with E-state index in [2.05, 4.69) is 4.99 Å². The van der Waals surface area contributed by atoms with Gasteiger partial charge in [-0.25, -0.2) is 0 Å². The summed E-state index contributed by atoms with van der Waals surface area (Å²) in [6.07, 6.45) is 1.28. The molecular formula is C25H24N2O3. The Labute approximate surface area is 176 Å². The summed E-state index contributed by atoms with van der Waals surface area (Å²) in [6, 6.07) is 27.1. The van der Waals surface area contributed by atoms with Gasteiger partial charge in [-0.2, -0.15) is 0 Å². The van der Waals surface area contributed by atoms with Crippen LogP contribution >= 0.6 is 0 Å². The maximum atomic E-state index is 12.9. The van der Waals surface area contributed by atoms with Crippen LogP contribution in [0.1, 0.15) is 11.1 Å². The number of carbonyl (C=O) groups excluding carboxylic acids is 1. The molecule has 0 aliphatic carbocycles. The molecule has 5 nitrogen and oxygen atoms in total. The van der Waals surface area contributed by atoms with Gasteiger partial charge >= 0.3 is 0 Å². The molecule has 0 radical (unpaired) electrons. The third-order valence-electron chi connectivity index (χ3n) is 5.09. The van der Waals surface area contributed by atoms with Crippen molar-refractivity contribution in [3.8, 4) is 5.75 Å². The van der Waals surface area contributed by atoms with Gasteiger partial charge < -0.3 is 9.47 Å². The number of anilines is 1. The highest BCUT2D eigenvalue weighted by Gasteiger charge is 2.48. The van der Waals surface area contributed by atoms with E-state index < -0.39 is 6.10 Å². The molecule has 0 bridgehead atoms. The van der Waals surface area contributed by atoms with Crippen LogP contribution in [0.15, 0.2) is 89.9 Å². The van der Waals surface area contributed by atoms with E-state index in [9.17, 15) is 4.79 Å². The minimum absolute atomic E-state index is 0.0627. The molecule has 0 unspecified atom stereocenters. The van der Waals surface area contributed by atoms with E-state index >= 15 is 0 Å². The summed E-state index contributed by atoms with van der Waals surface area (Å²) in [7, 11) is 1.62. The molecule has 3 aromatic carbocycles. The first-order valence-corrected chi connectivity index (χ1v) is 9.93. The Bertz CT molecular complexity index is 988. The van der Waals surface area contributed by atoms with Gasteiger partial charge in [0.2, 0.25) is 0 Å². The predicted molar refractivity (Wildman–Crippen MR) is 118 cm³/mol. The standard InChI is InChI=1S/C25H24N2O3/c1-29-22-14-12-21(13-15-22)27-23(17-26-16-19-8-4-2-5-9-19)24(25(27)28)30-18-20-10-6-3-7-11-20/h2-15,17,23-24H,16,18H2,1H3/t23-,24+/m0/s1. The molecule has 5 heteroatoms. The van der Waals surface area contributed by atoms with E-state index in [1.165, 1.54) is 0 Å². The number of aliphatic imine (C=N–C) groups is 1. The summed E-state index contributed by atoms with van der Waals surface area (Å²) in [6.45, 7) is 0.949. The molecule has 1 aliphatic rings. The lowest BCUT2D eigenvalue weighted by molar-refractivity contribution is -0.140. The lowest BCUT2D eigenvalue weighted by Gasteiger charge is -2.44. The average Bonchev–Trinajstić information content (AvgIpc) is 2.80. The number of amides is 1. The zero-order valence-electron chi connectivity index (χ0n) is 16.8. The van der Waals surface area contributed by atoms with Crippen LogP contribution in [0.3, 0.4) is 0 Å². The van der Waals surface area contributed by atoms with E-state index in [1.54, 1.807) is 12.0 Å². The smallest absolute Gasteiger partial charge is 0.259 e. The highest BCUT2D eigenvalue weighted by Crippen LogP contribution is 2.31. The molecule has 1 amide bonds. The first kappa shape index (κ1) is 19.9. The van der Waals surface area contributed by atoms with Gasteiger partial charge in [0.1, 0.15) is 11.8 Å². The Morgan fingerprint density at radius 1 is 0.900 bits per heavy atom. The number of methoxy groups -OCH3 is 1. The Balaban J connectivity index is 1.50. The second kappa shape index (κ2) is 9.37. The summed E-state index contributed by atoms with van der Waals surface area (Å²) >= 11 is 0. The molecule has 3 aromatic rings. The van der Waals surface area contributed by atoms with Gasteiger partial charge in [-0.1, -0.05) is 60.7 Å². The van der Waals surface area contributed by atoms with Gasteiger partial charge in [-0.05, 0) is 35.4 Å². The van der Waals surface area contributed by atoms with Crippen LogP contribution in [0.5, 0.6) is 5.75 Å². The van der Waals surface area contributed by atoms with Crippen molar-refractivity contribution < 1.29 is 14.3 Å². The van der Waals surface area contributed by atoms with Gasteiger partial charge in [-0.3, -0.25) is 14.7 Å². The van der Waals surface area contributed by atoms with Crippen LogP contribution < -0.4 is 9.64 Å². The fourth-order valence-electron chi connectivity index (χ4n) is 3.45. The molecule has 30 heavy (non-hydrogen) atoms. The molecule has 1 aliphatic heterocycles. The monoisotopic (exact) mass is 400 g/mol. The summed E-state index contributed by atoms with van der Waals surface area (Å²) in [5, 5.41) is 0. The SMILES string of the molecule is COc1ccc(N2C(=O)[C@H](OCc3ccccc3)[C@@H]2C=NCc2ccccc2)cc1. The van der Waals surface area contributed by atoms with E-state index in [0.717, 1.165) is 22.6 Å². The first-order valence-electron chi connectivity index (χ1n) is 9.93. The van der Waals surface area contributed by atoms with Crippen molar-refractivity contribution >= 4 is 17.8 Å². The summed E-state index contributed by atoms with van der Waals surface area (Å²) in [4.78, 5) is 19.2. The zero-order valence-corrected chi connectivity index (χ0v) is 16.8. The molecule has 1 heterocycles. The third-order valence-corrected chi connectivity index (χ3v) is 5.09. The van der Waals surface area contributed by atoms with Crippen LogP contribution in [0.2, 0.25) is 0 Å². The number of hydrogen-bond acceptors (Lipinski definition) is 4. The van der Waals surface area contributed by atoms with Crippen molar-refractivity contribution in [2.24, 2.45) is 4.99 Å². The molecule has 2 atom stereocenters. The number of rotatable bonds is 8.